The molecule has 0 aromatic carbocycles. The normalized spacial score (nSPS) is 35.2. The lowest BCUT2D eigenvalue weighted by Crippen LogP contribution is -2.61. The molecule has 1 fully saturated rings. The van der Waals surface area contributed by atoms with Gasteiger partial charge in [0.15, 0.2) is 8.32 Å². The van der Waals surface area contributed by atoms with Crippen LogP contribution in [-0.4, -0.2) is 49.6 Å². The summed E-state index contributed by atoms with van der Waals surface area (Å²) in [4.78, 5) is 4.82. The highest BCUT2D eigenvalue weighted by Gasteiger charge is 2.57. The molecule has 0 saturated heterocycles. The van der Waals surface area contributed by atoms with Gasteiger partial charge in [0.05, 0.1) is 12.2 Å². The summed E-state index contributed by atoms with van der Waals surface area (Å²) in [5.74, 6) is 0.316. The molecular formula is C22H41NO3Si. The van der Waals surface area contributed by atoms with Gasteiger partial charge in [-0.05, 0) is 62.1 Å². The fourth-order valence-corrected chi connectivity index (χ4v) is 6.31. The minimum absolute atomic E-state index is 0.0321. The van der Waals surface area contributed by atoms with E-state index in [4.69, 9.17) is 9.42 Å². The molecule has 5 atom stereocenters. The lowest BCUT2D eigenvalue weighted by molar-refractivity contribution is -0.101. The number of aliphatic hydroxyl groups excluding tert-OH is 2. The van der Waals surface area contributed by atoms with E-state index in [0.29, 0.717) is 19.3 Å². The van der Waals surface area contributed by atoms with Gasteiger partial charge >= 0.3 is 0 Å². The molecule has 1 saturated carbocycles. The van der Waals surface area contributed by atoms with E-state index >= 15 is 0 Å². The van der Waals surface area contributed by atoms with Crippen molar-refractivity contribution in [2.75, 3.05) is 13.2 Å². The molecule has 5 heteroatoms. The zero-order valence-electron chi connectivity index (χ0n) is 18.3. The van der Waals surface area contributed by atoms with Gasteiger partial charge in [-0.1, -0.05) is 33.8 Å². The maximum Gasteiger partial charge on any atom is 0.192 e. The van der Waals surface area contributed by atoms with Gasteiger partial charge in [0, 0.05) is 24.3 Å². The van der Waals surface area contributed by atoms with Crippen LogP contribution in [0.2, 0.25) is 18.1 Å². The summed E-state index contributed by atoms with van der Waals surface area (Å²) in [6, 6.07) is 0. The van der Waals surface area contributed by atoms with Crippen molar-refractivity contribution >= 4 is 14.0 Å². The van der Waals surface area contributed by atoms with E-state index in [1.54, 1.807) is 0 Å². The number of rotatable bonds is 7. The highest BCUT2D eigenvalue weighted by molar-refractivity contribution is 6.74. The quantitative estimate of drug-likeness (QED) is 0.490. The van der Waals surface area contributed by atoms with Crippen LogP contribution in [0.5, 0.6) is 0 Å². The maximum atomic E-state index is 11.3. The van der Waals surface area contributed by atoms with Crippen molar-refractivity contribution in [1.29, 1.82) is 0 Å². The van der Waals surface area contributed by atoms with Crippen molar-refractivity contribution in [3.8, 4) is 0 Å². The van der Waals surface area contributed by atoms with E-state index in [1.807, 2.05) is 6.08 Å². The molecule has 1 aliphatic carbocycles. The predicted molar refractivity (Wildman–Crippen MR) is 116 cm³/mol. The summed E-state index contributed by atoms with van der Waals surface area (Å²) >= 11 is 0. The average Bonchev–Trinajstić information content (AvgIpc) is 3.08. The number of aliphatic hydroxyl groups is 2. The predicted octanol–water partition coefficient (Wildman–Crippen LogP) is 4.57. The van der Waals surface area contributed by atoms with Crippen LogP contribution in [0.3, 0.4) is 0 Å². The number of hydrogen-bond acceptors (Lipinski definition) is 4. The van der Waals surface area contributed by atoms with Crippen molar-refractivity contribution in [1.82, 2.24) is 0 Å². The first-order valence-corrected chi connectivity index (χ1v) is 13.5. The molecule has 0 spiro atoms. The Morgan fingerprint density at radius 2 is 2.04 bits per heavy atom. The van der Waals surface area contributed by atoms with Crippen LogP contribution >= 0.6 is 0 Å². The Hall–Kier alpha value is -0.493. The molecule has 0 aromatic rings. The van der Waals surface area contributed by atoms with Crippen molar-refractivity contribution < 1.29 is 14.6 Å². The van der Waals surface area contributed by atoms with Crippen LogP contribution in [0.4, 0.5) is 0 Å². The zero-order chi connectivity index (χ0) is 20.5. The van der Waals surface area contributed by atoms with Gasteiger partial charge in [-0.2, -0.15) is 0 Å². The van der Waals surface area contributed by atoms with E-state index in [0.717, 1.165) is 25.1 Å². The molecule has 156 valence electrons. The van der Waals surface area contributed by atoms with Crippen molar-refractivity contribution in [2.24, 2.45) is 22.2 Å². The number of allylic oxidation sites excluding steroid dienone is 1. The summed E-state index contributed by atoms with van der Waals surface area (Å²) in [5, 5.41) is 21.3. The summed E-state index contributed by atoms with van der Waals surface area (Å²) < 4.78 is 6.96. The van der Waals surface area contributed by atoms with Gasteiger partial charge in [-0.15, -0.1) is 6.58 Å². The van der Waals surface area contributed by atoms with Gasteiger partial charge in [0.1, 0.15) is 0 Å². The van der Waals surface area contributed by atoms with Gasteiger partial charge in [-0.25, -0.2) is 0 Å². The molecule has 2 aliphatic rings. The summed E-state index contributed by atoms with van der Waals surface area (Å²) in [6.07, 6.45) is 5.53. The third kappa shape index (κ3) is 4.26. The second-order valence-corrected chi connectivity index (χ2v) is 14.9. The first-order valence-electron chi connectivity index (χ1n) is 10.6. The summed E-state index contributed by atoms with van der Waals surface area (Å²) in [7, 11) is -1.98. The summed E-state index contributed by atoms with van der Waals surface area (Å²) in [5.41, 5.74) is 0.685. The monoisotopic (exact) mass is 395 g/mol. The van der Waals surface area contributed by atoms with Gasteiger partial charge in [0.25, 0.3) is 0 Å². The lowest BCUT2D eigenvalue weighted by atomic mass is 9.55. The van der Waals surface area contributed by atoms with Gasteiger partial charge in [0.2, 0.25) is 0 Å². The molecule has 0 aromatic heterocycles. The SMILES string of the molecule is C=CC[C@@]1(C2=NCCC2)[C@H](CCO)[C@@H](O[Si](C)(C)C(C)(C)C)[C@@H](C)C[C@@H]1O. The first kappa shape index (κ1) is 22.8. The zero-order valence-corrected chi connectivity index (χ0v) is 19.3. The van der Waals surface area contributed by atoms with Crippen LogP contribution < -0.4 is 0 Å². The first-order chi connectivity index (χ1) is 12.5. The lowest BCUT2D eigenvalue weighted by Gasteiger charge is -2.55. The fourth-order valence-electron chi connectivity index (χ4n) is 4.88. The van der Waals surface area contributed by atoms with E-state index < -0.39 is 19.8 Å². The van der Waals surface area contributed by atoms with Crippen molar-refractivity contribution in [2.45, 2.75) is 90.1 Å². The summed E-state index contributed by atoms with van der Waals surface area (Å²) in [6.45, 7) is 18.5. The highest BCUT2D eigenvalue weighted by Crippen LogP contribution is 2.53. The molecule has 4 nitrogen and oxygen atoms in total. The van der Waals surface area contributed by atoms with E-state index in [-0.39, 0.29) is 29.6 Å². The topological polar surface area (TPSA) is 62.1 Å². The molecule has 2 N–H and O–H groups in total. The third-order valence-electron chi connectivity index (χ3n) is 7.38. The third-order valence-corrected chi connectivity index (χ3v) is 11.9. The van der Waals surface area contributed by atoms with E-state index in [9.17, 15) is 10.2 Å². The van der Waals surface area contributed by atoms with Gasteiger partial charge < -0.3 is 14.6 Å². The van der Waals surface area contributed by atoms with Crippen molar-refractivity contribution in [3.63, 3.8) is 0 Å². The minimum Gasteiger partial charge on any atom is -0.413 e. The number of aliphatic imine (C=N–C) groups is 1. The van der Waals surface area contributed by atoms with E-state index in [2.05, 4.69) is 47.4 Å². The van der Waals surface area contributed by atoms with Crippen molar-refractivity contribution in [3.05, 3.63) is 12.7 Å². The minimum atomic E-state index is -1.98. The standard InChI is InChI=1S/C22H41NO3Si/c1-8-12-22(18-10-9-13-23-18)17(11-14-24)20(16(2)15-19(22)25)26-27(6,7)21(3,4)5/h8,16-17,19-20,24-25H,1,9-15H2,2-7H3/t16-,17+,19-,20-,22-/m0/s1. The molecule has 2 rings (SSSR count). The molecule has 1 heterocycles. The average molecular weight is 396 g/mol. The molecule has 1 aliphatic heterocycles. The van der Waals surface area contributed by atoms with Crippen LogP contribution in [0.1, 0.15) is 59.8 Å². The second kappa shape index (κ2) is 8.48. The largest absolute Gasteiger partial charge is 0.413 e. The fraction of sp³-hybridized carbons (Fsp3) is 0.864. The van der Waals surface area contributed by atoms with Crippen LogP contribution in [-0.2, 0) is 4.43 Å². The smallest absolute Gasteiger partial charge is 0.192 e. The maximum absolute atomic E-state index is 11.3. The number of nitrogens with zero attached hydrogens (tertiary/aromatic N) is 1. The Labute approximate surface area is 167 Å². The molecular weight excluding hydrogens is 354 g/mol. The van der Waals surface area contributed by atoms with Gasteiger partial charge in [-0.3, -0.25) is 4.99 Å². The molecule has 27 heavy (non-hydrogen) atoms. The van der Waals surface area contributed by atoms with Crippen LogP contribution in [0, 0.1) is 17.3 Å². The number of hydrogen-bond donors (Lipinski definition) is 2. The highest BCUT2D eigenvalue weighted by atomic mass is 28.4. The second-order valence-electron chi connectivity index (χ2n) is 10.2. The van der Waals surface area contributed by atoms with Crippen LogP contribution in [0.25, 0.3) is 0 Å². The Kier molecular flexibility index (Phi) is 7.16. The van der Waals surface area contributed by atoms with E-state index in [1.165, 1.54) is 0 Å². The van der Waals surface area contributed by atoms with Crippen LogP contribution in [0.15, 0.2) is 17.6 Å². The molecule has 0 radical (unpaired) electrons. The molecule has 0 bridgehead atoms. The molecule has 0 amide bonds. The molecule has 0 unspecified atom stereocenters. The Morgan fingerprint density at radius 3 is 2.52 bits per heavy atom. The Morgan fingerprint density at radius 1 is 1.37 bits per heavy atom. The Balaban J connectivity index is 2.50. The Bertz CT molecular complexity index is 554.